The van der Waals surface area contributed by atoms with Crippen LogP contribution in [0, 0.1) is 0 Å². The van der Waals surface area contributed by atoms with Crippen LogP contribution in [0.1, 0.15) is 12.0 Å². The van der Waals surface area contributed by atoms with Crippen molar-refractivity contribution >= 4 is 10.9 Å². The van der Waals surface area contributed by atoms with Gasteiger partial charge < -0.3 is 9.80 Å². The lowest BCUT2D eigenvalue weighted by atomic mass is 10.1. The first-order valence-corrected chi connectivity index (χ1v) is 11.1. The van der Waals surface area contributed by atoms with Crippen molar-refractivity contribution in [3.05, 3.63) is 72.9 Å². The Kier molecular flexibility index (Phi) is 6.04. The molecule has 0 spiro atoms. The van der Waals surface area contributed by atoms with Crippen LogP contribution in [-0.2, 0) is 13.0 Å². The third-order valence-electron chi connectivity index (χ3n) is 6.21. The standard InChI is InChI=1S/C24H29N7/c1-2-6-21(7-3-1)10-13-29-16-14-28(15-17-29)11-5-12-31-24-22(18-27-31)8-4-9-23(24)30-19-25-26-20-30/h1-4,6-9,18-20H,5,10-17H2. The zero-order valence-electron chi connectivity index (χ0n) is 17.8. The maximum Gasteiger partial charge on any atom is 0.123 e. The summed E-state index contributed by atoms with van der Waals surface area (Å²) >= 11 is 0. The number of aromatic nitrogens is 5. The van der Waals surface area contributed by atoms with E-state index < -0.39 is 0 Å². The summed E-state index contributed by atoms with van der Waals surface area (Å²) in [6.45, 7) is 7.81. The van der Waals surface area contributed by atoms with Crippen molar-refractivity contribution in [2.24, 2.45) is 0 Å². The summed E-state index contributed by atoms with van der Waals surface area (Å²) in [6, 6.07) is 17.1. The minimum atomic E-state index is 0.914. The van der Waals surface area contributed by atoms with Gasteiger partial charge in [-0.05, 0) is 31.0 Å². The SMILES string of the molecule is c1ccc(CCN2CCN(CCCn3ncc4cccc(-n5cnnc5)c43)CC2)cc1. The third kappa shape index (κ3) is 4.68. The van der Waals surface area contributed by atoms with Gasteiger partial charge in [0.2, 0.25) is 0 Å². The molecular formula is C24H29N7. The van der Waals surface area contributed by atoms with Gasteiger partial charge in [0.15, 0.2) is 0 Å². The monoisotopic (exact) mass is 415 g/mol. The molecule has 0 bridgehead atoms. The van der Waals surface area contributed by atoms with Crippen molar-refractivity contribution in [1.82, 2.24) is 34.3 Å². The second-order valence-electron chi connectivity index (χ2n) is 8.22. The normalized spacial score (nSPS) is 15.6. The Bertz CT molecular complexity index is 1080. The molecule has 0 radical (unpaired) electrons. The van der Waals surface area contributed by atoms with Crippen LogP contribution in [0.25, 0.3) is 16.6 Å². The van der Waals surface area contributed by atoms with Crippen molar-refractivity contribution in [3.8, 4) is 5.69 Å². The van der Waals surface area contributed by atoms with Crippen molar-refractivity contribution in [2.75, 3.05) is 39.3 Å². The van der Waals surface area contributed by atoms with E-state index in [9.17, 15) is 0 Å². The lowest BCUT2D eigenvalue weighted by Crippen LogP contribution is -2.47. The predicted octanol–water partition coefficient (Wildman–Crippen LogP) is 2.87. The first kappa shape index (κ1) is 19.9. The van der Waals surface area contributed by atoms with Gasteiger partial charge in [-0.15, -0.1) is 10.2 Å². The van der Waals surface area contributed by atoms with Crippen LogP contribution >= 0.6 is 0 Å². The van der Waals surface area contributed by atoms with E-state index >= 15 is 0 Å². The van der Waals surface area contributed by atoms with Crippen LogP contribution < -0.4 is 0 Å². The van der Waals surface area contributed by atoms with Gasteiger partial charge >= 0.3 is 0 Å². The maximum absolute atomic E-state index is 4.65. The van der Waals surface area contributed by atoms with Gasteiger partial charge in [0.05, 0.1) is 17.4 Å². The number of hydrogen-bond acceptors (Lipinski definition) is 5. The molecule has 4 aromatic rings. The van der Waals surface area contributed by atoms with Gasteiger partial charge in [-0.2, -0.15) is 5.10 Å². The highest BCUT2D eigenvalue weighted by Crippen LogP contribution is 2.22. The van der Waals surface area contributed by atoms with E-state index in [0.29, 0.717) is 0 Å². The van der Waals surface area contributed by atoms with Gasteiger partial charge in [-0.1, -0.05) is 42.5 Å². The summed E-state index contributed by atoms with van der Waals surface area (Å²) in [5, 5.41) is 13.7. The third-order valence-corrected chi connectivity index (χ3v) is 6.21. The van der Waals surface area contributed by atoms with Crippen LogP contribution in [0.5, 0.6) is 0 Å². The van der Waals surface area contributed by atoms with Crippen molar-refractivity contribution in [2.45, 2.75) is 19.4 Å². The molecular weight excluding hydrogens is 386 g/mol. The van der Waals surface area contributed by atoms with Crippen LogP contribution in [0.4, 0.5) is 0 Å². The highest BCUT2D eigenvalue weighted by molar-refractivity contribution is 5.86. The van der Waals surface area contributed by atoms with Crippen LogP contribution in [0.2, 0.25) is 0 Å². The molecule has 160 valence electrons. The Balaban J connectivity index is 1.12. The molecule has 7 nitrogen and oxygen atoms in total. The van der Waals surface area contributed by atoms with Gasteiger partial charge in [0, 0.05) is 44.7 Å². The summed E-state index contributed by atoms with van der Waals surface area (Å²) in [5.41, 5.74) is 3.65. The molecule has 1 fully saturated rings. The molecule has 1 aliphatic rings. The fourth-order valence-electron chi connectivity index (χ4n) is 4.44. The molecule has 7 heteroatoms. The number of fused-ring (bicyclic) bond motifs is 1. The minimum absolute atomic E-state index is 0.914. The molecule has 2 aromatic carbocycles. The summed E-state index contributed by atoms with van der Waals surface area (Å²) in [4.78, 5) is 5.18. The Hall–Kier alpha value is -3.03. The zero-order chi connectivity index (χ0) is 20.9. The van der Waals surface area contributed by atoms with Crippen molar-refractivity contribution < 1.29 is 0 Å². The van der Waals surface area contributed by atoms with Gasteiger partial charge in [-0.25, -0.2) is 0 Å². The Labute approximate surface area is 182 Å². The largest absolute Gasteiger partial charge is 0.301 e. The molecule has 0 N–H and O–H groups in total. The topological polar surface area (TPSA) is 55.0 Å². The molecule has 0 aliphatic carbocycles. The molecule has 1 aliphatic heterocycles. The van der Waals surface area contributed by atoms with E-state index in [0.717, 1.165) is 75.2 Å². The van der Waals surface area contributed by atoms with Gasteiger partial charge in [0.25, 0.3) is 0 Å². The Morgan fingerprint density at radius 2 is 1.48 bits per heavy atom. The van der Waals surface area contributed by atoms with Gasteiger partial charge in [0.1, 0.15) is 12.7 Å². The van der Waals surface area contributed by atoms with Crippen LogP contribution in [-0.4, -0.2) is 73.6 Å². The van der Waals surface area contributed by atoms with Crippen molar-refractivity contribution in [1.29, 1.82) is 0 Å². The average Bonchev–Trinajstić information content (AvgIpc) is 3.50. The van der Waals surface area contributed by atoms with E-state index in [4.69, 9.17) is 0 Å². The lowest BCUT2D eigenvalue weighted by Gasteiger charge is -2.34. The quantitative estimate of drug-likeness (QED) is 0.443. The first-order chi connectivity index (χ1) is 15.4. The summed E-state index contributed by atoms with van der Waals surface area (Å²) in [6.07, 6.45) is 7.67. The molecule has 0 saturated carbocycles. The number of aryl methyl sites for hydroxylation is 1. The van der Waals surface area contributed by atoms with Gasteiger partial charge in [-0.3, -0.25) is 9.25 Å². The molecule has 5 rings (SSSR count). The number of rotatable bonds is 8. The molecule has 0 atom stereocenters. The van der Waals surface area contributed by atoms with E-state index in [1.165, 1.54) is 5.56 Å². The molecule has 3 heterocycles. The van der Waals surface area contributed by atoms with Crippen LogP contribution in [0.15, 0.2) is 67.4 Å². The second-order valence-corrected chi connectivity index (χ2v) is 8.22. The summed E-state index contributed by atoms with van der Waals surface area (Å²) in [5.74, 6) is 0. The number of hydrogen-bond donors (Lipinski definition) is 0. The zero-order valence-corrected chi connectivity index (χ0v) is 17.8. The van der Waals surface area contributed by atoms with E-state index in [-0.39, 0.29) is 0 Å². The predicted molar refractivity (Wildman–Crippen MR) is 122 cm³/mol. The number of nitrogens with zero attached hydrogens (tertiary/aromatic N) is 7. The highest BCUT2D eigenvalue weighted by atomic mass is 15.3. The fourth-order valence-corrected chi connectivity index (χ4v) is 4.44. The molecule has 0 amide bonds. The van der Waals surface area contributed by atoms with E-state index in [2.05, 4.69) is 78.3 Å². The lowest BCUT2D eigenvalue weighted by molar-refractivity contribution is 0.131. The molecule has 31 heavy (non-hydrogen) atoms. The molecule has 1 saturated heterocycles. The maximum atomic E-state index is 4.65. The van der Waals surface area contributed by atoms with Crippen molar-refractivity contribution in [3.63, 3.8) is 0 Å². The Morgan fingerprint density at radius 1 is 0.742 bits per heavy atom. The highest BCUT2D eigenvalue weighted by Gasteiger charge is 2.16. The smallest absolute Gasteiger partial charge is 0.123 e. The average molecular weight is 416 g/mol. The second kappa shape index (κ2) is 9.41. The number of benzene rings is 2. The first-order valence-electron chi connectivity index (χ1n) is 11.1. The minimum Gasteiger partial charge on any atom is -0.301 e. The molecule has 0 unspecified atom stereocenters. The molecule has 2 aromatic heterocycles. The van der Waals surface area contributed by atoms with E-state index in [1.807, 2.05) is 10.8 Å². The fraction of sp³-hybridized carbons (Fsp3) is 0.375. The number of para-hydroxylation sites is 1. The number of piperazine rings is 1. The summed E-state index contributed by atoms with van der Waals surface area (Å²) in [7, 11) is 0. The van der Waals surface area contributed by atoms with E-state index in [1.54, 1.807) is 12.7 Å². The Morgan fingerprint density at radius 3 is 2.26 bits per heavy atom. The van der Waals surface area contributed by atoms with Crippen LogP contribution in [0.3, 0.4) is 0 Å². The summed E-state index contributed by atoms with van der Waals surface area (Å²) < 4.78 is 4.08.